The van der Waals surface area contributed by atoms with Gasteiger partial charge in [0.1, 0.15) is 0 Å². The first-order valence-corrected chi connectivity index (χ1v) is 4.35. The summed E-state index contributed by atoms with van der Waals surface area (Å²) in [5.41, 5.74) is 0.585. The van der Waals surface area contributed by atoms with E-state index in [0.29, 0.717) is 5.52 Å². The van der Waals surface area contributed by atoms with Gasteiger partial charge in [-0.2, -0.15) is 9.78 Å². The summed E-state index contributed by atoms with van der Waals surface area (Å²) in [6.07, 6.45) is 0.446. The van der Waals surface area contributed by atoms with Crippen LogP contribution in [0.3, 0.4) is 0 Å². The van der Waals surface area contributed by atoms with Gasteiger partial charge in [0.2, 0.25) is 0 Å². The molecule has 66 valence electrons. The van der Waals surface area contributed by atoms with Crippen LogP contribution in [0.2, 0.25) is 0 Å². The summed E-state index contributed by atoms with van der Waals surface area (Å²) in [6.45, 7) is 0. The molecule has 2 aromatic rings. The van der Waals surface area contributed by atoms with Gasteiger partial charge < -0.3 is 5.11 Å². The van der Waals surface area contributed by atoms with E-state index in [4.69, 9.17) is 5.11 Å². The first-order chi connectivity index (χ1) is 6.20. The number of fused-ring (bicyclic) bond motifs is 1. The highest BCUT2D eigenvalue weighted by Gasteiger charge is 2.09. The highest BCUT2D eigenvalue weighted by atomic mass is 79.9. The number of nitrogens with zero attached hydrogens (tertiary/aromatic N) is 2. The second-order valence-electron chi connectivity index (χ2n) is 2.51. The monoisotopic (exact) mass is 240 g/mol. The zero-order valence-electron chi connectivity index (χ0n) is 6.44. The third kappa shape index (κ3) is 1.21. The molecule has 1 aromatic heterocycles. The number of hydrogen-bond acceptors (Lipinski definition) is 2. The Morgan fingerprint density at radius 1 is 1.54 bits per heavy atom. The van der Waals surface area contributed by atoms with E-state index in [-0.39, 0.29) is 0 Å². The summed E-state index contributed by atoms with van der Waals surface area (Å²) in [7, 11) is 0. The normalized spacial score (nSPS) is 10.5. The van der Waals surface area contributed by atoms with Crippen LogP contribution in [0.25, 0.3) is 10.9 Å². The van der Waals surface area contributed by atoms with E-state index in [1.165, 1.54) is 6.20 Å². The molecule has 0 bridgehead atoms. The van der Waals surface area contributed by atoms with Crippen molar-refractivity contribution < 1.29 is 9.90 Å². The summed E-state index contributed by atoms with van der Waals surface area (Å²) in [5, 5.41) is 13.3. The lowest BCUT2D eigenvalue weighted by atomic mass is 10.3. The second kappa shape index (κ2) is 2.85. The largest absolute Gasteiger partial charge is 0.463 e. The first-order valence-electron chi connectivity index (χ1n) is 3.55. The minimum atomic E-state index is -1.08. The van der Waals surface area contributed by atoms with Gasteiger partial charge in [-0.1, -0.05) is 22.0 Å². The van der Waals surface area contributed by atoms with Crippen molar-refractivity contribution in [1.82, 2.24) is 9.78 Å². The van der Waals surface area contributed by atoms with Gasteiger partial charge in [0.05, 0.1) is 11.7 Å². The Morgan fingerprint density at radius 3 is 3.00 bits per heavy atom. The third-order valence-electron chi connectivity index (χ3n) is 1.74. The van der Waals surface area contributed by atoms with Crippen molar-refractivity contribution in [2.24, 2.45) is 0 Å². The lowest BCUT2D eigenvalue weighted by Crippen LogP contribution is -2.08. The van der Waals surface area contributed by atoms with Gasteiger partial charge in [0.15, 0.2) is 0 Å². The van der Waals surface area contributed by atoms with Crippen molar-refractivity contribution >= 4 is 32.9 Å². The van der Waals surface area contributed by atoms with Crippen LogP contribution in [-0.4, -0.2) is 21.0 Å². The van der Waals surface area contributed by atoms with E-state index in [1.54, 1.807) is 12.1 Å². The maximum atomic E-state index is 10.7. The van der Waals surface area contributed by atoms with E-state index >= 15 is 0 Å². The Kier molecular flexibility index (Phi) is 1.81. The molecule has 0 atom stereocenters. The summed E-state index contributed by atoms with van der Waals surface area (Å²) < 4.78 is 1.79. The Labute approximate surface area is 81.9 Å². The third-order valence-corrected chi connectivity index (χ3v) is 2.43. The summed E-state index contributed by atoms with van der Waals surface area (Å²) in [6, 6.07) is 5.32. The lowest BCUT2D eigenvalue weighted by molar-refractivity contribution is 0.194. The van der Waals surface area contributed by atoms with E-state index in [0.717, 1.165) is 14.5 Å². The molecule has 1 aromatic carbocycles. The predicted octanol–water partition coefficient (Wildman–Crippen LogP) is 2.32. The van der Waals surface area contributed by atoms with Gasteiger partial charge in [0.25, 0.3) is 0 Å². The molecule has 1 N–H and O–H groups in total. The molecule has 0 aliphatic rings. The number of carboxylic acid groups (broad SMARTS) is 1. The van der Waals surface area contributed by atoms with Gasteiger partial charge in [-0.15, -0.1) is 0 Å². The van der Waals surface area contributed by atoms with Gasteiger partial charge in [0, 0.05) is 9.86 Å². The topological polar surface area (TPSA) is 55.1 Å². The van der Waals surface area contributed by atoms with Crippen LogP contribution in [0.4, 0.5) is 4.79 Å². The van der Waals surface area contributed by atoms with E-state index in [1.807, 2.05) is 6.07 Å². The van der Waals surface area contributed by atoms with Crippen molar-refractivity contribution in [2.45, 2.75) is 0 Å². The standard InChI is InChI=1S/C8H5BrN2O2/c9-6-2-1-3-7-5(6)4-10-11(7)8(12)13/h1-4H,(H,12,13). The van der Waals surface area contributed by atoms with Crippen molar-refractivity contribution in [3.8, 4) is 0 Å². The maximum Gasteiger partial charge on any atom is 0.432 e. The molecule has 2 rings (SSSR count). The molecule has 5 heteroatoms. The van der Waals surface area contributed by atoms with Crippen LogP contribution >= 0.6 is 15.9 Å². The van der Waals surface area contributed by atoms with Crippen molar-refractivity contribution in [3.05, 3.63) is 28.9 Å². The molecule has 1 heterocycles. The van der Waals surface area contributed by atoms with E-state index in [2.05, 4.69) is 21.0 Å². The lowest BCUT2D eigenvalue weighted by Gasteiger charge is -1.95. The average Bonchev–Trinajstić information content (AvgIpc) is 2.48. The molecular formula is C8H5BrN2O2. The number of hydrogen-bond donors (Lipinski definition) is 1. The summed E-state index contributed by atoms with van der Waals surface area (Å²) >= 11 is 3.31. The fourth-order valence-corrected chi connectivity index (χ4v) is 1.63. The molecule has 0 spiro atoms. The van der Waals surface area contributed by atoms with Crippen LogP contribution in [0.5, 0.6) is 0 Å². The fourth-order valence-electron chi connectivity index (χ4n) is 1.17. The Balaban J connectivity index is 2.83. The highest BCUT2D eigenvalue weighted by Crippen LogP contribution is 2.22. The molecule has 13 heavy (non-hydrogen) atoms. The Bertz CT molecular complexity index is 478. The molecule has 0 fully saturated rings. The molecule has 0 unspecified atom stereocenters. The SMILES string of the molecule is O=C(O)n1ncc2c(Br)cccc21. The molecule has 0 radical (unpaired) electrons. The van der Waals surface area contributed by atoms with Crippen LogP contribution in [0.1, 0.15) is 0 Å². The Morgan fingerprint density at radius 2 is 2.31 bits per heavy atom. The molecule has 0 aliphatic heterocycles. The Hall–Kier alpha value is -1.36. The zero-order valence-corrected chi connectivity index (χ0v) is 8.02. The van der Waals surface area contributed by atoms with Crippen LogP contribution < -0.4 is 0 Å². The average molecular weight is 241 g/mol. The molecular weight excluding hydrogens is 236 g/mol. The number of carbonyl (C=O) groups is 1. The van der Waals surface area contributed by atoms with E-state index in [9.17, 15) is 4.79 Å². The minimum absolute atomic E-state index is 0.585. The first kappa shape index (κ1) is 8.25. The summed E-state index contributed by atoms with van der Waals surface area (Å²) in [5.74, 6) is 0. The minimum Gasteiger partial charge on any atom is -0.463 e. The van der Waals surface area contributed by atoms with Crippen LogP contribution in [0, 0.1) is 0 Å². The quantitative estimate of drug-likeness (QED) is 0.769. The number of aromatic nitrogens is 2. The molecule has 0 amide bonds. The number of halogens is 1. The molecule has 0 aliphatic carbocycles. The van der Waals surface area contributed by atoms with Gasteiger partial charge in [-0.05, 0) is 12.1 Å². The van der Waals surface area contributed by atoms with E-state index < -0.39 is 6.09 Å². The van der Waals surface area contributed by atoms with Gasteiger partial charge in [-0.3, -0.25) is 0 Å². The van der Waals surface area contributed by atoms with Crippen molar-refractivity contribution in [1.29, 1.82) is 0 Å². The summed E-state index contributed by atoms with van der Waals surface area (Å²) in [4.78, 5) is 10.7. The number of benzene rings is 1. The molecule has 0 saturated carbocycles. The van der Waals surface area contributed by atoms with Crippen molar-refractivity contribution in [2.75, 3.05) is 0 Å². The molecule has 4 nitrogen and oxygen atoms in total. The van der Waals surface area contributed by atoms with Crippen molar-refractivity contribution in [3.63, 3.8) is 0 Å². The number of rotatable bonds is 0. The maximum absolute atomic E-state index is 10.7. The highest BCUT2D eigenvalue weighted by molar-refractivity contribution is 9.10. The predicted molar refractivity (Wildman–Crippen MR) is 50.9 cm³/mol. The van der Waals surface area contributed by atoms with Crippen LogP contribution in [-0.2, 0) is 0 Å². The fraction of sp³-hybridized carbons (Fsp3) is 0. The second-order valence-corrected chi connectivity index (χ2v) is 3.37. The van der Waals surface area contributed by atoms with Gasteiger partial charge >= 0.3 is 6.09 Å². The molecule has 0 saturated heterocycles. The smallest absolute Gasteiger partial charge is 0.432 e. The van der Waals surface area contributed by atoms with Gasteiger partial charge in [-0.25, -0.2) is 4.79 Å². The van der Waals surface area contributed by atoms with Crippen LogP contribution in [0.15, 0.2) is 28.9 Å². The zero-order chi connectivity index (χ0) is 9.42.